The number of amides is 1. The zero-order valence-electron chi connectivity index (χ0n) is 19.8. The topological polar surface area (TPSA) is 91.3 Å². The molecule has 2 aromatic carbocycles. The van der Waals surface area contributed by atoms with Crippen LogP contribution in [0.25, 0.3) is 11.4 Å². The van der Waals surface area contributed by atoms with Crippen molar-refractivity contribution < 1.29 is 13.2 Å². The molecule has 180 valence electrons. The van der Waals surface area contributed by atoms with Gasteiger partial charge in [-0.1, -0.05) is 47.5 Å². The Morgan fingerprint density at radius 1 is 0.971 bits per heavy atom. The molecule has 0 bridgehead atoms. The van der Waals surface area contributed by atoms with E-state index in [0.717, 1.165) is 27.8 Å². The predicted octanol–water partition coefficient (Wildman–Crippen LogP) is 3.37. The molecule has 0 atom stereocenters. The summed E-state index contributed by atoms with van der Waals surface area (Å²) >= 11 is 5.36. The predicted molar refractivity (Wildman–Crippen MR) is 134 cm³/mol. The van der Waals surface area contributed by atoms with Gasteiger partial charge in [0.15, 0.2) is 10.6 Å². The maximum Gasteiger partial charge on any atom is 0.243 e. The summed E-state index contributed by atoms with van der Waals surface area (Å²) in [5.74, 6) is 0.482. The minimum atomic E-state index is -3.63. The average Bonchev–Trinajstić information content (AvgIpc) is 3.13. The second kappa shape index (κ2) is 9.44. The second-order valence-corrected chi connectivity index (χ2v) is 11.1. The fraction of sp³-hybridized carbons (Fsp3) is 0.375. The highest BCUT2D eigenvalue weighted by atomic mass is 32.2. The molecule has 0 spiro atoms. The number of aromatic nitrogens is 3. The molecule has 0 unspecified atom stereocenters. The van der Waals surface area contributed by atoms with Gasteiger partial charge in [-0.05, 0) is 51.0 Å². The van der Waals surface area contributed by atoms with Crippen LogP contribution < -0.4 is 0 Å². The summed E-state index contributed by atoms with van der Waals surface area (Å²) in [4.78, 5) is 15.1. The Hall–Kier alpha value is -2.82. The Balaban J connectivity index is 1.47. The molecule has 1 fully saturated rings. The van der Waals surface area contributed by atoms with E-state index in [2.05, 4.69) is 10.2 Å². The lowest BCUT2D eigenvalue weighted by Crippen LogP contribution is -2.51. The van der Waals surface area contributed by atoms with Crippen LogP contribution in [0, 0.1) is 32.5 Å². The van der Waals surface area contributed by atoms with E-state index in [1.54, 1.807) is 9.47 Å². The van der Waals surface area contributed by atoms with Crippen molar-refractivity contribution in [3.05, 3.63) is 63.4 Å². The summed E-state index contributed by atoms with van der Waals surface area (Å²) < 4.78 is 30.2. The standard InChI is InChI=1S/C24H29N5O3S2/c1-16-5-7-20(8-6-16)23-25-26-24(33)29(23)15-21(30)27-9-11-28(12-10-27)34(31,32)22-18(3)13-17(2)14-19(22)4/h5-8,13-14H,9-12,15H2,1-4H3,(H,26,33). The zero-order chi connectivity index (χ0) is 24.6. The number of carbonyl (C=O) groups excluding carboxylic acids is 1. The first kappa shape index (κ1) is 24.3. The van der Waals surface area contributed by atoms with E-state index in [1.165, 1.54) is 4.31 Å². The monoisotopic (exact) mass is 499 g/mol. The Morgan fingerprint density at radius 3 is 2.15 bits per heavy atom. The highest BCUT2D eigenvalue weighted by Gasteiger charge is 2.32. The SMILES string of the molecule is Cc1ccc(-c2n[nH]c(=S)n2CC(=O)N2CCN(S(=O)(=O)c3c(C)cc(C)cc3C)CC2)cc1. The highest BCUT2D eigenvalue weighted by molar-refractivity contribution is 7.89. The average molecular weight is 500 g/mol. The van der Waals surface area contributed by atoms with E-state index in [-0.39, 0.29) is 25.5 Å². The van der Waals surface area contributed by atoms with Crippen LogP contribution in [0.2, 0.25) is 0 Å². The van der Waals surface area contributed by atoms with Crippen LogP contribution in [0.4, 0.5) is 0 Å². The summed E-state index contributed by atoms with van der Waals surface area (Å²) in [7, 11) is -3.63. The maximum absolute atomic E-state index is 13.3. The molecule has 1 aliphatic heterocycles. The third-order valence-electron chi connectivity index (χ3n) is 6.16. The second-order valence-electron chi connectivity index (χ2n) is 8.82. The van der Waals surface area contributed by atoms with Crippen molar-refractivity contribution in [1.29, 1.82) is 0 Å². The third-order valence-corrected chi connectivity index (χ3v) is 8.67. The summed E-state index contributed by atoms with van der Waals surface area (Å²) in [6, 6.07) is 11.6. The van der Waals surface area contributed by atoms with Crippen molar-refractivity contribution in [3.63, 3.8) is 0 Å². The van der Waals surface area contributed by atoms with E-state index in [4.69, 9.17) is 12.2 Å². The van der Waals surface area contributed by atoms with Crippen LogP contribution in [0.1, 0.15) is 22.3 Å². The van der Waals surface area contributed by atoms with Gasteiger partial charge in [0.1, 0.15) is 6.54 Å². The number of sulfonamides is 1. The normalized spacial score (nSPS) is 15.0. The van der Waals surface area contributed by atoms with Crippen molar-refractivity contribution in [1.82, 2.24) is 24.0 Å². The highest BCUT2D eigenvalue weighted by Crippen LogP contribution is 2.26. The van der Waals surface area contributed by atoms with Gasteiger partial charge in [0, 0.05) is 31.7 Å². The summed E-state index contributed by atoms with van der Waals surface area (Å²) in [5, 5.41) is 7.08. The van der Waals surface area contributed by atoms with Gasteiger partial charge in [0.05, 0.1) is 4.90 Å². The summed E-state index contributed by atoms with van der Waals surface area (Å²) in [5.41, 5.74) is 4.52. The lowest BCUT2D eigenvalue weighted by Gasteiger charge is -2.34. The van der Waals surface area contributed by atoms with Crippen LogP contribution in [0.5, 0.6) is 0 Å². The number of piperazine rings is 1. The van der Waals surface area contributed by atoms with Crippen molar-refractivity contribution in [2.24, 2.45) is 0 Å². The molecule has 1 amide bonds. The van der Waals surface area contributed by atoms with Gasteiger partial charge in [-0.3, -0.25) is 14.5 Å². The Morgan fingerprint density at radius 2 is 1.56 bits per heavy atom. The van der Waals surface area contributed by atoms with E-state index in [1.807, 2.05) is 64.1 Å². The molecule has 1 aromatic heterocycles. The van der Waals surface area contributed by atoms with E-state index in [9.17, 15) is 13.2 Å². The smallest absolute Gasteiger partial charge is 0.243 e. The fourth-order valence-electron chi connectivity index (χ4n) is 4.50. The lowest BCUT2D eigenvalue weighted by molar-refractivity contribution is -0.133. The molecule has 1 N–H and O–H groups in total. The van der Waals surface area contributed by atoms with E-state index < -0.39 is 10.0 Å². The molecule has 0 saturated carbocycles. The lowest BCUT2D eigenvalue weighted by atomic mass is 10.1. The van der Waals surface area contributed by atoms with Crippen LogP contribution >= 0.6 is 12.2 Å². The molecule has 4 rings (SSSR count). The Bertz CT molecular complexity index is 1360. The number of hydrogen-bond acceptors (Lipinski definition) is 5. The quantitative estimate of drug-likeness (QED) is 0.544. The number of H-pyrrole nitrogens is 1. The van der Waals surface area contributed by atoms with Crippen molar-refractivity contribution in [3.8, 4) is 11.4 Å². The first-order valence-electron chi connectivity index (χ1n) is 11.2. The molecule has 0 aliphatic carbocycles. The molecule has 0 radical (unpaired) electrons. The number of aryl methyl sites for hydroxylation is 4. The minimum Gasteiger partial charge on any atom is -0.338 e. The fourth-order valence-corrected chi connectivity index (χ4v) is 6.53. The van der Waals surface area contributed by atoms with Crippen LogP contribution in [0.15, 0.2) is 41.3 Å². The van der Waals surface area contributed by atoms with Crippen LogP contribution in [-0.4, -0.2) is 64.5 Å². The van der Waals surface area contributed by atoms with Crippen molar-refractivity contribution >= 4 is 28.1 Å². The van der Waals surface area contributed by atoms with E-state index in [0.29, 0.717) is 28.6 Å². The molecule has 1 saturated heterocycles. The molecule has 8 nitrogen and oxygen atoms in total. The minimum absolute atomic E-state index is 0.0431. The van der Waals surface area contributed by atoms with Crippen molar-refractivity contribution in [2.75, 3.05) is 26.2 Å². The summed E-state index contributed by atoms with van der Waals surface area (Å²) in [6.45, 7) is 8.81. The van der Waals surface area contributed by atoms with E-state index >= 15 is 0 Å². The molecule has 34 heavy (non-hydrogen) atoms. The number of nitrogens with one attached hydrogen (secondary N) is 1. The number of rotatable bonds is 5. The molecular weight excluding hydrogens is 470 g/mol. The zero-order valence-corrected chi connectivity index (χ0v) is 21.5. The third kappa shape index (κ3) is 4.70. The molecule has 10 heteroatoms. The number of carbonyl (C=O) groups is 1. The van der Waals surface area contributed by atoms with Gasteiger partial charge in [0.25, 0.3) is 0 Å². The molecular formula is C24H29N5O3S2. The molecule has 1 aliphatic rings. The number of nitrogens with zero attached hydrogens (tertiary/aromatic N) is 4. The van der Waals surface area contributed by atoms with Crippen LogP contribution in [-0.2, 0) is 21.4 Å². The first-order chi connectivity index (χ1) is 16.1. The van der Waals surface area contributed by atoms with Gasteiger partial charge in [-0.25, -0.2) is 8.42 Å². The largest absolute Gasteiger partial charge is 0.338 e. The Kier molecular flexibility index (Phi) is 6.75. The maximum atomic E-state index is 13.3. The number of benzene rings is 2. The van der Waals surface area contributed by atoms with Crippen LogP contribution in [0.3, 0.4) is 0 Å². The molecule has 3 aromatic rings. The number of hydrogen-bond donors (Lipinski definition) is 1. The van der Waals surface area contributed by atoms with Gasteiger partial charge < -0.3 is 4.90 Å². The number of aromatic amines is 1. The van der Waals surface area contributed by atoms with Gasteiger partial charge in [-0.2, -0.15) is 9.40 Å². The first-order valence-corrected chi connectivity index (χ1v) is 13.0. The summed E-state index contributed by atoms with van der Waals surface area (Å²) in [6.07, 6.45) is 0. The van der Waals surface area contributed by atoms with Gasteiger partial charge >= 0.3 is 0 Å². The molecule has 2 heterocycles. The van der Waals surface area contributed by atoms with Crippen molar-refractivity contribution in [2.45, 2.75) is 39.1 Å². The van der Waals surface area contributed by atoms with Gasteiger partial charge in [-0.15, -0.1) is 0 Å². The van der Waals surface area contributed by atoms with Gasteiger partial charge in [0.2, 0.25) is 15.9 Å². The Labute approximate surface area is 205 Å².